The maximum Gasteiger partial charge on any atom is 0.237 e. The van der Waals surface area contributed by atoms with Crippen LogP contribution in [0.4, 0.5) is 0 Å². The van der Waals surface area contributed by atoms with Crippen molar-refractivity contribution in [2.45, 2.75) is 63.7 Å². The Labute approximate surface area is 149 Å². The Morgan fingerprint density at radius 1 is 0.615 bits per heavy atom. The SMILES string of the molecule is CC(=O)C(CCCCCCC(N=C=O)(N=C=O)C(C)=O)(N=C=O)N=C=O. The van der Waals surface area contributed by atoms with Crippen molar-refractivity contribution >= 4 is 35.9 Å². The van der Waals surface area contributed by atoms with Gasteiger partial charge in [0.2, 0.25) is 35.6 Å². The molecule has 0 heterocycles. The van der Waals surface area contributed by atoms with Crippen molar-refractivity contribution in [2.24, 2.45) is 20.0 Å². The molecule has 10 heteroatoms. The molecule has 0 aliphatic heterocycles. The van der Waals surface area contributed by atoms with Crippen LogP contribution >= 0.6 is 0 Å². The Hall–Kier alpha value is -3.14. The third-order valence-corrected chi connectivity index (χ3v) is 3.85. The summed E-state index contributed by atoms with van der Waals surface area (Å²) >= 11 is 0. The first-order chi connectivity index (χ1) is 12.3. The monoisotopic (exact) mass is 362 g/mol. The standard InChI is InChI=1S/C16H18N4O6/c1-13(25)15(17-9-21,18-10-22)7-5-3-4-6-8-16(14(2)26,19-11-23)20-12-24/h3-8H2,1-2H3. The number of isocyanates is 4. The Bertz CT molecular complexity index is 612. The lowest BCUT2D eigenvalue weighted by atomic mass is 9.95. The highest BCUT2D eigenvalue weighted by atomic mass is 16.2. The van der Waals surface area contributed by atoms with Gasteiger partial charge in [-0.1, -0.05) is 12.8 Å². The van der Waals surface area contributed by atoms with E-state index in [0.29, 0.717) is 25.7 Å². The first-order valence-corrected chi connectivity index (χ1v) is 7.72. The summed E-state index contributed by atoms with van der Waals surface area (Å²) in [4.78, 5) is 78.5. The molecule has 138 valence electrons. The van der Waals surface area contributed by atoms with Gasteiger partial charge >= 0.3 is 0 Å². The fourth-order valence-corrected chi connectivity index (χ4v) is 2.34. The summed E-state index contributed by atoms with van der Waals surface area (Å²) < 4.78 is 0. The van der Waals surface area contributed by atoms with Crippen molar-refractivity contribution in [3.8, 4) is 0 Å². The Morgan fingerprint density at radius 3 is 1.08 bits per heavy atom. The van der Waals surface area contributed by atoms with E-state index in [-0.39, 0.29) is 12.8 Å². The van der Waals surface area contributed by atoms with Crippen LogP contribution < -0.4 is 0 Å². The summed E-state index contributed by atoms with van der Waals surface area (Å²) in [5, 5.41) is 0. The number of carbonyl (C=O) groups is 2. The minimum Gasteiger partial charge on any atom is -0.295 e. The van der Waals surface area contributed by atoms with E-state index < -0.39 is 22.9 Å². The number of Topliss-reactive ketones (excluding diaryl/α,β-unsaturated/α-hetero) is 2. The van der Waals surface area contributed by atoms with Gasteiger partial charge in [-0.25, -0.2) is 19.2 Å². The van der Waals surface area contributed by atoms with Gasteiger partial charge in [0, 0.05) is 12.8 Å². The topological polar surface area (TPSA) is 152 Å². The normalized spacial score (nSPS) is 14.1. The predicted octanol–water partition coefficient (Wildman–Crippen LogP) is 1.24. The summed E-state index contributed by atoms with van der Waals surface area (Å²) in [6, 6.07) is 0. The molecular weight excluding hydrogens is 344 g/mol. The fraction of sp³-hybridized carbons (Fsp3) is 0.625. The quantitative estimate of drug-likeness (QED) is 0.273. The third-order valence-electron chi connectivity index (χ3n) is 3.85. The van der Waals surface area contributed by atoms with Gasteiger partial charge in [-0.05, 0) is 26.7 Å². The van der Waals surface area contributed by atoms with E-state index in [1.54, 1.807) is 0 Å². The van der Waals surface area contributed by atoms with Gasteiger partial charge in [-0.2, -0.15) is 20.0 Å². The smallest absolute Gasteiger partial charge is 0.237 e. The van der Waals surface area contributed by atoms with Crippen LogP contribution in [0.15, 0.2) is 20.0 Å². The summed E-state index contributed by atoms with van der Waals surface area (Å²) in [6.45, 7) is 2.30. The number of unbranched alkanes of at least 4 members (excludes halogenated alkanes) is 3. The van der Waals surface area contributed by atoms with Crippen LogP contribution in [0.5, 0.6) is 0 Å². The second-order valence-electron chi connectivity index (χ2n) is 5.47. The summed E-state index contributed by atoms with van der Waals surface area (Å²) in [5.41, 5.74) is -3.62. The van der Waals surface area contributed by atoms with Gasteiger partial charge in [0.25, 0.3) is 0 Å². The van der Waals surface area contributed by atoms with Crippen molar-refractivity contribution in [3.05, 3.63) is 0 Å². The lowest BCUT2D eigenvalue weighted by molar-refractivity contribution is -0.122. The number of carbonyl (C=O) groups excluding carboxylic acids is 6. The van der Waals surface area contributed by atoms with E-state index in [4.69, 9.17) is 0 Å². The van der Waals surface area contributed by atoms with E-state index in [1.165, 1.54) is 24.3 Å². The maximum absolute atomic E-state index is 11.6. The molecule has 0 fully saturated rings. The molecular formula is C16H18N4O6. The number of hydrogen-bond donors (Lipinski definition) is 0. The Balaban J connectivity index is 4.79. The second-order valence-corrected chi connectivity index (χ2v) is 5.47. The summed E-state index contributed by atoms with van der Waals surface area (Å²) in [7, 11) is 0. The number of rotatable bonds is 13. The molecule has 0 aromatic heterocycles. The van der Waals surface area contributed by atoms with Gasteiger partial charge in [0.1, 0.15) is 0 Å². The van der Waals surface area contributed by atoms with Crippen molar-refractivity contribution in [1.29, 1.82) is 0 Å². The molecule has 0 saturated heterocycles. The first-order valence-electron chi connectivity index (χ1n) is 7.72. The van der Waals surface area contributed by atoms with E-state index in [1.807, 2.05) is 0 Å². The molecule has 0 aromatic carbocycles. The van der Waals surface area contributed by atoms with Gasteiger partial charge in [0.05, 0.1) is 0 Å². The zero-order valence-electron chi connectivity index (χ0n) is 14.5. The van der Waals surface area contributed by atoms with E-state index in [2.05, 4.69) is 20.0 Å². The van der Waals surface area contributed by atoms with E-state index in [0.717, 1.165) is 13.8 Å². The maximum atomic E-state index is 11.6. The molecule has 0 aliphatic rings. The Kier molecular flexibility index (Phi) is 10.0. The zero-order valence-corrected chi connectivity index (χ0v) is 14.5. The van der Waals surface area contributed by atoms with Crippen LogP contribution in [-0.4, -0.2) is 47.2 Å². The van der Waals surface area contributed by atoms with Crippen LogP contribution in [0.3, 0.4) is 0 Å². The molecule has 26 heavy (non-hydrogen) atoms. The predicted molar refractivity (Wildman–Crippen MR) is 87.0 cm³/mol. The highest BCUT2D eigenvalue weighted by molar-refractivity contribution is 5.88. The minimum absolute atomic E-state index is 0.0175. The lowest BCUT2D eigenvalue weighted by Crippen LogP contribution is -2.33. The van der Waals surface area contributed by atoms with Crippen LogP contribution in [-0.2, 0) is 28.8 Å². The van der Waals surface area contributed by atoms with E-state index in [9.17, 15) is 28.8 Å². The van der Waals surface area contributed by atoms with Gasteiger partial charge in [-0.3, -0.25) is 9.59 Å². The molecule has 0 rings (SSSR count). The molecule has 0 bridgehead atoms. The molecule has 10 nitrogen and oxygen atoms in total. The number of aliphatic imine (C=N–C) groups is 4. The number of ketones is 2. The molecule has 0 aliphatic carbocycles. The molecule has 0 amide bonds. The fourth-order valence-electron chi connectivity index (χ4n) is 2.34. The van der Waals surface area contributed by atoms with Crippen molar-refractivity contribution in [1.82, 2.24) is 0 Å². The van der Waals surface area contributed by atoms with Crippen LogP contribution in [0.2, 0.25) is 0 Å². The molecule has 0 N–H and O–H groups in total. The van der Waals surface area contributed by atoms with Gasteiger partial charge < -0.3 is 0 Å². The van der Waals surface area contributed by atoms with Crippen LogP contribution in [0.25, 0.3) is 0 Å². The second kappa shape index (κ2) is 11.4. The van der Waals surface area contributed by atoms with Crippen LogP contribution in [0, 0.1) is 0 Å². The molecule has 0 atom stereocenters. The molecule has 0 saturated carbocycles. The number of hydrogen-bond acceptors (Lipinski definition) is 10. The minimum atomic E-state index is -1.81. The molecule has 0 spiro atoms. The largest absolute Gasteiger partial charge is 0.295 e. The summed E-state index contributed by atoms with van der Waals surface area (Å²) in [5.74, 6) is -1.17. The van der Waals surface area contributed by atoms with Crippen molar-refractivity contribution in [2.75, 3.05) is 0 Å². The van der Waals surface area contributed by atoms with Crippen molar-refractivity contribution in [3.63, 3.8) is 0 Å². The number of nitrogens with zero attached hydrogens (tertiary/aromatic N) is 4. The van der Waals surface area contributed by atoms with E-state index >= 15 is 0 Å². The average Bonchev–Trinajstić information content (AvgIpc) is 2.58. The highest BCUT2D eigenvalue weighted by Gasteiger charge is 2.36. The van der Waals surface area contributed by atoms with Crippen molar-refractivity contribution < 1.29 is 28.8 Å². The average molecular weight is 362 g/mol. The first kappa shape index (κ1) is 22.9. The van der Waals surface area contributed by atoms with Crippen LogP contribution in [0.1, 0.15) is 52.4 Å². The molecule has 0 radical (unpaired) electrons. The zero-order chi connectivity index (χ0) is 20.1. The Morgan fingerprint density at radius 2 is 0.885 bits per heavy atom. The highest BCUT2D eigenvalue weighted by Crippen LogP contribution is 2.25. The lowest BCUT2D eigenvalue weighted by Gasteiger charge is -2.19. The molecule has 0 unspecified atom stereocenters. The summed E-state index contributed by atoms with van der Waals surface area (Å²) in [6.07, 6.45) is 6.80. The van der Waals surface area contributed by atoms with Gasteiger partial charge in [0.15, 0.2) is 11.6 Å². The molecule has 0 aromatic rings. The van der Waals surface area contributed by atoms with Gasteiger partial charge in [-0.15, -0.1) is 0 Å². The third kappa shape index (κ3) is 6.40.